The maximum atomic E-state index is 13.3. The predicted octanol–water partition coefficient (Wildman–Crippen LogP) is 5.40. The number of carbonyl (C=O) groups excluding carboxylic acids is 1. The van der Waals surface area contributed by atoms with E-state index < -0.39 is 11.7 Å². The molecule has 2 aromatic carbocycles. The molecule has 0 fully saturated rings. The highest BCUT2D eigenvalue weighted by molar-refractivity contribution is 6.30. The van der Waals surface area contributed by atoms with E-state index in [-0.39, 0.29) is 5.56 Å². The largest absolute Gasteiger partial charge is 0.444 e. The van der Waals surface area contributed by atoms with Crippen LogP contribution in [-0.2, 0) is 17.7 Å². The number of fused-ring (bicyclic) bond motifs is 1. The molecule has 0 aliphatic heterocycles. The third-order valence-electron chi connectivity index (χ3n) is 4.38. The summed E-state index contributed by atoms with van der Waals surface area (Å²) in [5.41, 5.74) is 1.23. The fourth-order valence-electron chi connectivity index (χ4n) is 3.16. The maximum absolute atomic E-state index is 13.3. The van der Waals surface area contributed by atoms with E-state index >= 15 is 0 Å². The van der Waals surface area contributed by atoms with Crippen molar-refractivity contribution in [2.75, 3.05) is 5.32 Å². The molecule has 0 unspecified atom stereocenters. The van der Waals surface area contributed by atoms with Gasteiger partial charge in [0.25, 0.3) is 5.56 Å². The molecule has 0 aliphatic carbocycles. The summed E-state index contributed by atoms with van der Waals surface area (Å²) in [5.74, 6) is 0.725. The molecule has 0 saturated carbocycles. The van der Waals surface area contributed by atoms with Crippen LogP contribution in [0.1, 0.15) is 45.5 Å². The highest BCUT2D eigenvalue weighted by atomic mass is 35.5. The number of rotatable bonds is 5. The molecule has 7 heteroatoms. The molecular formula is C23H26ClN3O3. The van der Waals surface area contributed by atoms with Crippen molar-refractivity contribution >= 4 is 34.3 Å². The minimum absolute atomic E-state index is 0.156. The Kier molecular flexibility index (Phi) is 6.46. The number of anilines is 1. The molecule has 6 nitrogen and oxygen atoms in total. The van der Waals surface area contributed by atoms with Gasteiger partial charge in [-0.2, -0.15) is 0 Å². The Labute approximate surface area is 180 Å². The number of ether oxygens (including phenoxy) is 1. The number of aryl methyl sites for hydroxylation is 1. The van der Waals surface area contributed by atoms with Gasteiger partial charge in [0, 0.05) is 17.1 Å². The number of aromatic nitrogens is 2. The summed E-state index contributed by atoms with van der Waals surface area (Å²) in [7, 11) is 0. The zero-order valence-corrected chi connectivity index (χ0v) is 18.4. The molecule has 0 saturated heterocycles. The molecule has 0 atom stereocenters. The van der Waals surface area contributed by atoms with Gasteiger partial charge in [0.15, 0.2) is 0 Å². The molecule has 0 aliphatic rings. The summed E-state index contributed by atoms with van der Waals surface area (Å²) in [6.07, 6.45) is 0.978. The average Bonchev–Trinajstić information content (AvgIpc) is 2.64. The summed E-state index contributed by atoms with van der Waals surface area (Å²) < 4.78 is 6.96. The van der Waals surface area contributed by atoms with Crippen LogP contribution in [0.2, 0.25) is 5.02 Å². The van der Waals surface area contributed by atoms with Gasteiger partial charge in [-0.3, -0.25) is 14.7 Å². The van der Waals surface area contributed by atoms with Crippen LogP contribution in [0, 0.1) is 0 Å². The predicted molar refractivity (Wildman–Crippen MR) is 120 cm³/mol. The van der Waals surface area contributed by atoms with Crippen molar-refractivity contribution in [2.45, 2.75) is 52.7 Å². The van der Waals surface area contributed by atoms with E-state index in [9.17, 15) is 9.59 Å². The number of hydrogen-bond donors (Lipinski definition) is 1. The van der Waals surface area contributed by atoms with Crippen molar-refractivity contribution in [2.24, 2.45) is 0 Å². The van der Waals surface area contributed by atoms with Gasteiger partial charge >= 0.3 is 6.09 Å². The third kappa shape index (κ3) is 5.39. The number of benzene rings is 2. The fourth-order valence-corrected chi connectivity index (χ4v) is 3.37. The van der Waals surface area contributed by atoms with Gasteiger partial charge in [-0.1, -0.05) is 30.7 Å². The second-order valence-electron chi connectivity index (χ2n) is 8.16. The van der Waals surface area contributed by atoms with Gasteiger partial charge in [-0.25, -0.2) is 9.78 Å². The number of nitrogens with zero attached hydrogens (tertiary/aromatic N) is 2. The summed E-state index contributed by atoms with van der Waals surface area (Å²) in [4.78, 5) is 30.1. The smallest absolute Gasteiger partial charge is 0.412 e. The lowest BCUT2D eigenvalue weighted by Crippen LogP contribution is -2.28. The van der Waals surface area contributed by atoms with Crippen LogP contribution in [0.5, 0.6) is 0 Å². The molecule has 1 aromatic heterocycles. The van der Waals surface area contributed by atoms with E-state index in [4.69, 9.17) is 21.3 Å². The summed E-state index contributed by atoms with van der Waals surface area (Å²) >= 11 is 6.11. The van der Waals surface area contributed by atoms with E-state index in [0.717, 1.165) is 17.8 Å². The van der Waals surface area contributed by atoms with Crippen LogP contribution in [0.25, 0.3) is 10.9 Å². The molecule has 0 radical (unpaired) electrons. The zero-order chi connectivity index (χ0) is 21.9. The Morgan fingerprint density at radius 3 is 2.63 bits per heavy atom. The van der Waals surface area contributed by atoms with Crippen LogP contribution < -0.4 is 10.9 Å². The van der Waals surface area contributed by atoms with Gasteiger partial charge in [-0.15, -0.1) is 0 Å². The quantitative estimate of drug-likeness (QED) is 0.591. The van der Waals surface area contributed by atoms with Crippen molar-refractivity contribution in [1.82, 2.24) is 9.55 Å². The molecule has 3 rings (SSSR count). The Balaban J connectivity index is 2.02. The van der Waals surface area contributed by atoms with Crippen LogP contribution in [0.4, 0.5) is 10.5 Å². The van der Waals surface area contributed by atoms with E-state index in [0.29, 0.717) is 34.6 Å². The molecule has 1 heterocycles. The van der Waals surface area contributed by atoms with Crippen molar-refractivity contribution in [3.05, 3.63) is 69.2 Å². The van der Waals surface area contributed by atoms with Crippen molar-refractivity contribution in [3.63, 3.8) is 0 Å². The molecular weight excluding hydrogens is 402 g/mol. The molecule has 3 aromatic rings. The van der Waals surface area contributed by atoms with Gasteiger partial charge in [-0.05, 0) is 63.1 Å². The summed E-state index contributed by atoms with van der Waals surface area (Å²) in [5, 5.41) is 3.74. The monoisotopic (exact) mass is 427 g/mol. The third-order valence-corrected chi connectivity index (χ3v) is 4.62. The Morgan fingerprint density at radius 2 is 1.97 bits per heavy atom. The lowest BCUT2D eigenvalue weighted by molar-refractivity contribution is 0.0636. The fraction of sp³-hybridized carbons (Fsp3) is 0.348. The van der Waals surface area contributed by atoms with Crippen LogP contribution in [0.15, 0.2) is 47.3 Å². The standard InChI is InChI=1S/C23H26ClN3O3/c1-5-7-20-26-19-11-10-17(25-22(29)30-23(2,3)4)13-18(19)21(28)27(20)14-15-8-6-9-16(24)12-15/h6,8-13H,5,7,14H2,1-4H3,(H,25,29). The second-order valence-corrected chi connectivity index (χ2v) is 8.59. The summed E-state index contributed by atoms with van der Waals surface area (Å²) in [6, 6.07) is 12.5. The van der Waals surface area contributed by atoms with Crippen LogP contribution in [-0.4, -0.2) is 21.2 Å². The summed E-state index contributed by atoms with van der Waals surface area (Å²) in [6.45, 7) is 7.80. The lowest BCUT2D eigenvalue weighted by atomic mass is 10.1. The number of hydrogen-bond acceptors (Lipinski definition) is 4. The van der Waals surface area contributed by atoms with E-state index in [1.165, 1.54) is 0 Å². The van der Waals surface area contributed by atoms with E-state index in [1.54, 1.807) is 49.6 Å². The average molecular weight is 428 g/mol. The van der Waals surface area contributed by atoms with Crippen LogP contribution >= 0.6 is 11.6 Å². The number of halogens is 1. The van der Waals surface area contributed by atoms with Gasteiger partial charge in [0.05, 0.1) is 17.4 Å². The molecule has 30 heavy (non-hydrogen) atoms. The zero-order valence-electron chi connectivity index (χ0n) is 17.7. The first-order valence-corrected chi connectivity index (χ1v) is 10.3. The minimum Gasteiger partial charge on any atom is -0.444 e. The Morgan fingerprint density at radius 1 is 1.20 bits per heavy atom. The number of amides is 1. The Bertz CT molecular complexity index is 1130. The molecule has 0 bridgehead atoms. The second kappa shape index (κ2) is 8.88. The molecule has 1 amide bonds. The SMILES string of the molecule is CCCc1nc2ccc(NC(=O)OC(C)(C)C)cc2c(=O)n1Cc1cccc(Cl)c1. The number of carbonyl (C=O) groups is 1. The lowest BCUT2D eigenvalue weighted by Gasteiger charge is -2.19. The van der Waals surface area contributed by atoms with Crippen molar-refractivity contribution in [1.29, 1.82) is 0 Å². The van der Waals surface area contributed by atoms with Crippen molar-refractivity contribution in [3.8, 4) is 0 Å². The van der Waals surface area contributed by atoms with Gasteiger partial charge < -0.3 is 4.74 Å². The van der Waals surface area contributed by atoms with Gasteiger partial charge in [0.2, 0.25) is 0 Å². The molecule has 1 N–H and O–H groups in total. The number of nitrogens with one attached hydrogen (secondary N) is 1. The highest BCUT2D eigenvalue weighted by Crippen LogP contribution is 2.19. The first kappa shape index (κ1) is 21.8. The molecule has 158 valence electrons. The van der Waals surface area contributed by atoms with Crippen molar-refractivity contribution < 1.29 is 9.53 Å². The van der Waals surface area contributed by atoms with Gasteiger partial charge in [0.1, 0.15) is 11.4 Å². The highest BCUT2D eigenvalue weighted by Gasteiger charge is 2.17. The van der Waals surface area contributed by atoms with E-state index in [2.05, 4.69) is 5.32 Å². The first-order chi connectivity index (χ1) is 14.2. The van der Waals surface area contributed by atoms with E-state index in [1.807, 2.05) is 25.1 Å². The Hall–Kier alpha value is -2.86. The minimum atomic E-state index is -0.610. The normalized spacial score (nSPS) is 11.5. The maximum Gasteiger partial charge on any atom is 0.412 e. The van der Waals surface area contributed by atoms with Crippen LogP contribution in [0.3, 0.4) is 0 Å². The first-order valence-electron chi connectivity index (χ1n) is 9.94. The topological polar surface area (TPSA) is 73.2 Å². The molecule has 0 spiro atoms.